The van der Waals surface area contributed by atoms with E-state index in [4.69, 9.17) is 0 Å². The van der Waals surface area contributed by atoms with E-state index in [2.05, 4.69) is 9.69 Å². The molecule has 0 spiro atoms. The fourth-order valence-electron chi connectivity index (χ4n) is 0.818. The summed E-state index contributed by atoms with van der Waals surface area (Å²) in [4.78, 5) is 23.2. The van der Waals surface area contributed by atoms with Gasteiger partial charge >= 0.3 is 0 Å². The van der Waals surface area contributed by atoms with Gasteiger partial charge in [-0.25, -0.2) is 0 Å². The van der Waals surface area contributed by atoms with Crippen LogP contribution in [0.5, 0.6) is 0 Å². The van der Waals surface area contributed by atoms with Crippen molar-refractivity contribution in [3.05, 3.63) is 6.07 Å². The van der Waals surface area contributed by atoms with Crippen molar-refractivity contribution in [3.8, 4) is 0 Å². The molecule has 5 nitrogen and oxygen atoms in total. The van der Waals surface area contributed by atoms with Gasteiger partial charge in [0.05, 0.1) is 0 Å². The molecule has 2 amide bonds. The topological polar surface area (TPSA) is 62.3 Å². The summed E-state index contributed by atoms with van der Waals surface area (Å²) in [5, 5.41) is 3.25. The van der Waals surface area contributed by atoms with Gasteiger partial charge in [0.15, 0.2) is 0 Å². The van der Waals surface area contributed by atoms with E-state index in [9.17, 15) is 9.59 Å². The van der Waals surface area contributed by atoms with Gasteiger partial charge in [-0.05, 0) is 11.5 Å². The summed E-state index contributed by atoms with van der Waals surface area (Å²) in [6.45, 7) is 2.88. The zero-order chi connectivity index (χ0) is 10.7. The molecular formula is C8H11N3O2S. The lowest BCUT2D eigenvalue weighted by Gasteiger charge is -2.09. The Kier molecular flexibility index (Phi) is 3.19. The lowest BCUT2D eigenvalue weighted by molar-refractivity contribution is -0.116. The molecule has 1 N–H and O–H groups in total. The molecule has 0 aromatic carbocycles. The van der Waals surface area contributed by atoms with Crippen molar-refractivity contribution in [2.24, 2.45) is 0 Å². The minimum atomic E-state index is -0.174. The van der Waals surface area contributed by atoms with Gasteiger partial charge in [-0.2, -0.15) is 4.37 Å². The van der Waals surface area contributed by atoms with E-state index in [0.29, 0.717) is 10.8 Å². The molecular weight excluding hydrogens is 202 g/mol. The summed E-state index contributed by atoms with van der Waals surface area (Å²) < 4.78 is 3.98. The molecule has 1 heterocycles. The van der Waals surface area contributed by atoms with Crippen molar-refractivity contribution in [3.63, 3.8) is 0 Å². The Bertz CT molecular complexity index is 361. The van der Waals surface area contributed by atoms with E-state index >= 15 is 0 Å². The standard InChI is InChI=1S/C8H11N3O2S/c1-5(12)9-7-4-8(14-10-7)11(3)6(2)13/h4H,1-3H3,(H,9,10,12). The Hall–Kier alpha value is -1.43. The van der Waals surface area contributed by atoms with Crippen molar-refractivity contribution < 1.29 is 9.59 Å². The predicted octanol–water partition coefficient (Wildman–Crippen LogP) is 1.08. The largest absolute Gasteiger partial charge is 0.310 e. The molecule has 0 fully saturated rings. The third kappa shape index (κ3) is 2.53. The Morgan fingerprint density at radius 3 is 2.64 bits per heavy atom. The fourth-order valence-corrected chi connectivity index (χ4v) is 1.52. The van der Waals surface area contributed by atoms with Gasteiger partial charge in [-0.3, -0.25) is 9.59 Å². The van der Waals surface area contributed by atoms with Crippen LogP contribution in [-0.4, -0.2) is 23.2 Å². The summed E-state index contributed by atoms with van der Waals surface area (Å²) in [6.07, 6.45) is 0. The maximum atomic E-state index is 11.0. The van der Waals surface area contributed by atoms with Gasteiger partial charge in [-0.1, -0.05) is 0 Å². The number of carbonyl (C=O) groups excluding carboxylic acids is 2. The van der Waals surface area contributed by atoms with Crippen LogP contribution >= 0.6 is 11.5 Å². The van der Waals surface area contributed by atoms with Crippen molar-refractivity contribution in [2.45, 2.75) is 13.8 Å². The average Bonchev–Trinajstić information content (AvgIpc) is 2.50. The SMILES string of the molecule is CC(=O)Nc1cc(N(C)C(C)=O)sn1. The maximum Gasteiger partial charge on any atom is 0.224 e. The minimum Gasteiger partial charge on any atom is -0.310 e. The zero-order valence-corrected chi connectivity index (χ0v) is 9.01. The first-order chi connectivity index (χ1) is 6.50. The van der Waals surface area contributed by atoms with Crippen molar-refractivity contribution in [1.29, 1.82) is 0 Å². The van der Waals surface area contributed by atoms with E-state index in [1.165, 1.54) is 30.3 Å². The lowest BCUT2D eigenvalue weighted by atomic mass is 10.5. The Morgan fingerprint density at radius 1 is 1.50 bits per heavy atom. The smallest absolute Gasteiger partial charge is 0.224 e. The summed E-state index contributed by atoms with van der Waals surface area (Å²) >= 11 is 1.17. The van der Waals surface area contributed by atoms with Crippen LogP contribution in [0.2, 0.25) is 0 Å². The third-order valence-electron chi connectivity index (χ3n) is 1.60. The molecule has 1 aromatic rings. The molecule has 6 heteroatoms. The number of carbonyl (C=O) groups is 2. The number of hydrogen-bond acceptors (Lipinski definition) is 4. The van der Waals surface area contributed by atoms with Crippen LogP contribution in [0.1, 0.15) is 13.8 Å². The van der Waals surface area contributed by atoms with E-state index in [0.717, 1.165) is 0 Å². The van der Waals surface area contributed by atoms with Gasteiger partial charge in [0, 0.05) is 27.0 Å². The molecule has 1 aromatic heterocycles. The molecule has 0 aliphatic rings. The quantitative estimate of drug-likeness (QED) is 0.799. The van der Waals surface area contributed by atoms with Crippen molar-refractivity contribution >= 4 is 34.2 Å². The van der Waals surface area contributed by atoms with Gasteiger partial charge in [0.25, 0.3) is 0 Å². The van der Waals surface area contributed by atoms with Gasteiger partial charge in [0.2, 0.25) is 11.8 Å². The first-order valence-electron chi connectivity index (χ1n) is 3.99. The number of nitrogens with one attached hydrogen (secondary N) is 1. The molecule has 0 aliphatic carbocycles. The molecule has 0 bridgehead atoms. The second-order valence-electron chi connectivity index (χ2n) is 2.81. The average molecular weight is 213 g/mol. The molecule has 14 heavy (non-hydrogen) atoms. The molecule has 0 aliphatic heterocycles. The van der Waals surface area contributed by atoms with Crippen LogP contribution in [0.25, 0.3) is 0 Å². The Balaban J connectivity index is 2.77. The highest BCUT2D eigenvalue weighted by Crippen LogP contribution is 2.23. The maximum absolute atomic E-state index is 11.0. The first-order valence-corrected chi connectivity index (χ1v) is 4.76. The zero-order valence-electron chi connectivity index (χ0n) is 8.20. The molecule has 0 saturated heterocycles. The Labute approximate surface area is 85.9 Å². The van der Waals surface area contributed by atoms with Crippen LogP contribution in [0.3, 0.4) is 0 Å². The number of aromatic nitrogens is 1. The highest BCUT2D eigenvalue weighted by molar-refractivity contribution is 7.10. The van der Waals surface area contributed by atoms with E-state index in [1.54, 1.807) is 13.1 Å². The summed E-state index contributed by atoms with van der Waals surface area (Å²) in [5.41, 5.74) is 0. The van der Waals surface area contributed by atoms with Crippen molar-refractivity contribution in [1.82, 2.24) is 4.37 Å². The highest BCUT2D eigenvalue weighted by Gasteiger charge is 2.10. The monoisotopic (exact) mass is 213 g/mol. The summed E-state index contributed by atoms with van der Waals surface area (Å²) in [7, 11) is 1.66. The normalized spacial score (nSPS) is 9.64. The van der Waals surface area contributed by atoms with E-state index < -0.39 is 0 Å². The van der Waals surface area contributed by atoms with Gasteiger partial charge < -0.3 is 10.2 Å². The van der Waals surface area contributed by atoms with Crippen LogP contribution in [-0.2, 0) is 9.59 Å². The van der Waals surface area contributed by atoms with E-state index in [-0.39, 0.29) is 11.8 Å². The fraction of sp³-hybridized carbons (Fsp3) is 0.375. The van der Waals surface area contributed by atoms with Crippen LogP contribution in [0.4, 0.5) is 10.8 Å². The number of rotatable bonds is 2. The molecule has 0 saturated carbocycles. The highest BCUT2D eigenvalue weighted by atomic mass is 32.1. The van der Waals surface area contributed by atoms with E-state index in [1.807, 2.05) is 0 Å². The number of hydrogen-bond donors (Lipinski definition) is 1. The summed E-state index contributed by atoms with van der Waals surface area (Å²) in [6, 6.07) is 1.66. The number of amides is 2. The molecule has 0 radical (unpaired) electrons. The molecule has 0 unspecified atom stereocenters. The van der Waals surface area contributed by atoms with Gasteiger partial charge in [0.1, 0.15) is 10.8 Å². The summed E-state index contributed by atoms with van der Waals surface area (Å²) in [5.74, 6) is 0.237. The van der Waals surface area contributed by atoms with Gasteiger partial charge in [-0.15, -0.1) is 0 Å². The predicted molar refractivity (Wildman–Crippen MR) is 55.5 cm³/mol. The van der Waals surface area contributed by atoms with Crippen LogP contribution in [0, 0.1) is 0 Å². The van der Waals surface area contributed by atoms with Crippen LogP contribution < -0.4 is 10.2 Å². The first kappa shape index (κ1) is 10.6. The van der Waals surface area contributed by atoms with Crippen LogP contribution in [0.15, 0.2) is 6.07 Å². The molecule has 1 rings (SSSR count). The third-order valence-corrected chi connectivity index (χ3v) is 2.47. The Morgan fingerprint density at radius 2 is 2.14 bits per heavy atom. The lowest BCUT2D eigenvalue weighted by Crippen LogP contribution is -2.21. The second kappa shape index (κ2) is 4.19. The van der Waals surface area contributed by atoms with Crippen molar-refractivity contribution in [2.75, 3.05) is 17.3 Å². The number of anilines is 2. The minimum absolute atomic E-state index is 0.0666. The second-order valence-corrected chi connectivity index (χ2v) is 3.59. The number of nitrogens with zero attached hydrogens (tertiary/aromatic N) is 2. The molecule has 0 atom stereocenters. The molecule has 76 valence electrons.